The molecular weight excluding hydrogens is 455 g/mol. The number of amides is 1. The van der Waals surface area contributed by atoms with Crippen molar-refractivity contribution in [2.45, 2.75) is 39.3 Å². The molecule has 1 rings (SSSR count). The molecule has 0 aliphatic heterocycles. The van der Waals surface area contributed by atoms with Crippen LogP contribution in [0.15, 0.2) is 29.3 Å². The second-order valence-corrected chi connectivity index (χ2v) is 6.88. The van der Waals surface area contributed by atoms with Crippen LogP contribution in [0.2, 0.25) is 5.02 Å². The molecule has 0 bridgehead atoms. The number of aliphatic imine (C=N–C) groups is 1. The summed E-state index contributed by atoms with van der Waals surface area (Å²) in [6.45, 7) is 8.63. The third-order valence-corrected chi connectivity index (χ3v) is 3.21. The SMILES string of the molecule is CCNC(=NCC(=O)NC(C)(C)C)NCC(O)c1ccc(Cl)cc1.I. The van der Waals surface area contributed by atoms with Gasteiger partial charge in [-0.15, -0.1) is 24.0 Å². The molecule has 0 saturated carbocycles. The number of aliphatic hydroxyl groups is 1. The van der Waals surface area contributed by atoms with Crippen molar-refractivity contribution in [2.75, 3.05) is 19.6 Å². The van der Waals surface area contributed by atoms with Crippen LogP contribution in [0.3, 0.4) is 0 Å². The standard InChI is InChI=1S/C17H27ClN4O2.HI/c1-5-19-16(21-11-15(24)22-17(2,3)4)20-10-14(23)12-6-8-13(18)9-7-12;/h6-9,14,23H,5,10-11H2,1-4H3,(H,22,24)(H2,19,20,21);1H. The van der Waals surface area contributed by atoms with E-state index in [0.29, 0.717) is 17.5 Å². The van der Waals surface area contributed by atoms with Gasteiger partial charge in [0.1, 0.15) is 6.54 Å². The van der Waals surface area contributed by atoms with E-state index in [1.54, 1.807) is 24.3 Å². The first-order valence-electron chi connectivity index (χ1n) is 7.98. The van der Waals surface area contributed by atoms with Crippen molar-refractivity contribution in [1.29, 1.82) is 0 Å². The van der Waals surface area contributed by atoms with Gasteiger partial charge in [0.2, 0.25) is 5.91 Å². The van der Waals surface area contributed by atoms with Crippen LogP contribution in [-0.2, 0) is 4.79 Å². The Bertz CT molecular complexity index is 559. The molecule has 0 radical (unpaired) electrons. The van der Waals surface area contributed by atoms with Crippen LogP contribution >= 0.6 is 35.6 Å². The van der Waals surface area contributed by atoms with Crippen LogP contribution in [0, 0.1) is 0 Å². The normalized spacial score (nSPS) is 12.8. The number of benzene rings is 1. The summed E-state index contributed by atoms with van der Waals surface area (Å²) in [5.41, 5.74) is 0.469. The van der Waals surface area contributed by atoms with Gasteiger partial charge >= 0.3 is 0 Å². The number of aliphatic hydroxyl groups excluding tert-OH is 1. The number of nitrogens with one attached hydrogen (secondary N) is 3. The Morgan fingerprint density at radius 3 is 2.36 bits per heavy atom. The topological polar surface area (TPSA) is 85.8 Å². The zero-order valence-electron chi connectivity index (χ0n) is 15.1. The molecule has 0 aliphatic carbocycles. The molecule has 0 spiro atoms. The number of hydrogen-bond acceptors (Lipinski definition) is 3. The van der Waals surface area contributed by atoms with E-state index in [0.717, 1.165) is 5.56 Å². The van der Waals surface area contributed by atoms with Crippen molar-refractivity contribution in [3.05, 3.63) is 34.9 Å². The summed E-state index contributed by atoms with van der Waals surface area (Å²) in [5, 5.41) is 19.7. The molecule has 0 saturated heterocycles. The largest absolute Gasteiger partial charge is 0.387 e. The van der Waals surface area contributed by atoms with Gasteiger partial charge in [-0.25, -0.2) is 4.99 Å². The van der Waals surface area contributed by atoms with Crippen LogP contribution in [-0.4, -0.2) is 42.1 Å². The zero-order chi connectivity index (χ0) is 18.2. The fraction of sp³-hybridized carbons (Fsp3) is 0.529. The third-order valence-electron chi connectivity index (χ3n) is 2.96. The minimum Gasteiger partial charge on any atom is -0.387 e. The highest BCUT2D eigenvalue weighted by atomic mass is 127. The molecule has 1 aromatic carbocycles. The van der Waals surface area contributed by atoms with Crippen molar-refractivity contribution in [3.63, 3.8) is 0 Å². The number of halogens is 2. The molecule has 1 atom stereocenters. The lowest BCUT2D eigenvalue weighted by molar-refractivity contribution is -0.121. The molecule has 0 heterocycles. The van der Waals surface area contributed by atoms with Crippen LogP contribution < -0.4 is 16.0 Å². The molecular formula is C17H28ClIN4O2. The van der Waals surface area contributed by atoms with E-state index in [9.17, 15) is 9.90 Å². The number of hydrogen-bond donors (Lipinski definition) is 4. The smallest absolute Gasteiger partial charge is 0.242 e. The lowest BCUT2D eigenvalue weighted by atomic mass is 10.1. The summed E-state index contributed by atoms with van der Waals surface area (Å²) in [6, 6.07) is 7.01. The maximum absolute atomic E-state index is 11.8. The predicted octanol–water partition coefficient (Wildman–Crippen LogP) is 2.46. The number of carbonyl (C=O) groups is 1. The van der Waals surface area contributed by atoms with Gasteiger partial charge in [0.15, 0.2) is 5.96 Å². The molecule has 0 aliphatic rings. The molecule has 1 aromatic rings. The van der Waals surface area contributed by atoms with E-state index >= 15 is 0 Å². The molecule has 0 aromatic heterocycles. The first-order chi connectivity index (χ1) is 11.2. The molecule has 6 nitrogen and oxygen atoms in total. The minimum atomic E-state index is -0.700. The van der Waals surface area contributed by atoms with E-state index in [1.165, 1.54) is 0 Å². The highest BCUT2D eigenvalue weighted by Gasteiger charge is 2.13. The Balaban J connectivity index is 0.00000576. The van der Waals surface area contributed by atoms with Gasteiger partial charge in [0.05, 0.1) is 6.10 Å². The predicted molar refractivity (Wildman–Crippen MR) is 114 cm³/mol. The van der Waals surface area contributed by atoms with E-state index in [2.05, 4.69) is 20.9 Å². The first-order valence-corrected chi connectivity index (χ1v) is 8.36. The lowest BCUT2D eigenvalue weighted by Crippen LogP contribution is -2.43. The van der Waals surface area contributed by atoms with Gasteiger partial charge in [-0.05, 0) is 45.4 Å². The second kappa shape index (κ2) is 11.5. The van der Waals surface area contributed by atoms with Crippen molar-refractivity contribution in [3.8, 4) is 0 Å². The van der Waals surface area contributed by atoms with Crippen molar-refractivity contribution in [2.24, 2.45) is 4.99 Å². The molecule has 0 fully saturated rings. The van der Waals surface area contributed by atoms with Crippen molar-refractivity contribution in [1.82, 2.24) is 16.0 Å². The second-order valence-electron chi connectivity index (χ2n) is 6.44. The number of carbonyl (C=O) groups excluding carboxylic acids is 1. The van der Waals surface area contributed by atoms with Gasteiger partial charge in [-0.3, -0.25) is 4.79 Å². The van der Waals surface area contributed by atoms with Gasteiger partial charge in [-0.1, -0.05) is 23.7 Å². The van der Waals surface area contributed by atoms with Gasteiger partial charge in [0.25, 0.3) is 0 Å². The lowest BCUT2D eigenvalue weighted by Gasteiger charge is -2.20. The van der Waals surface area contributed by atoms with E-state index < -0.39 is 6.10 Å². The molecule has 142 valence electrons. The molecule has 1 amide bonds. The summed E-state index contributed by atoms with van der Waals surface area (Å²) >= 11 is 5.84. The summed E-state index contributed by atoms with van der Waals surface area (Å²) < 4.78 is 0. The maximum atomic E-state index is 11.8. The molecule has 1 unspecified atom stereocenters. The molecule has 4 N–H and O–H groups in total. The van der Waals surface area contributed by atoms with E-state index in [1.807, 2.05) is 27.7 Å². The van der Waals surface area contributed by atoms with Crippen LogP contribution in [0.4, 0.5) is 0 Å². The Hall–Kier alpha value is -1.06. The Morgan fingerprint density at radius 2 is 1.84 bits per heavy atom. The fourth-order valence-electron chi connectivity index (χ4n) is 1.95. The Kier molecular flexibility index (Phi) is 11.0. The van der Waals surface area contributed by atoms with Crippen LogP contribution in [0.25, 0.3) is 0 Å². The van der Waals surface area contributed by atoms with Gasteiger partial charge in [-0.2, -0.15) is 0 Å². The maximum Gasteiger partial charge on any atom is 0.242 e. The Labute approximate surface area is 171 Å². The summed E-state index contributed by atoms with van der Waals surface area (Å²) in [7, 11) is 0. The quantitative estimate of drug-likeness (QED) is 0.285. The van der Waals surface area contributed by atoms with Gasteiger partial charge in [0, 0.05) is 23.7 Å². The minimum absolute atomic E-state index is 0. The Morgan fingerprint density at radius 1 is 1.24 bits per heavy atom. The highest BCUT2D eigenvalue weighted by Crippen LogP contribution is 2.15. The first kappa shape index (κ1) is 23.9. The summed E-state index contributed by atoms with van der Waals surface area (Å²) in [6.07, 6.45) is -0.700. The van der Waals surface area contributed by atoms with Gasteiger partial charge < -0.3 is 21.1 Å². The zero-order valence-corrected chi connectivity index (χ0v) is 18.2. The van der Waals surface area contributed by atoms with E-state index in [4.69, 9.17) is 11.6 Å². The third kappa shape index (κ3) is 10.5. The van der Waals surface area contributed by atoms with Crippen molar-refractivity contribution >= 4 is 47.4 Å². The van der Waals surface area contributed by atoms with Crippen LogP contribution in [0.5, 0.6) is 0 Å². The molecule has 25 heavy (non-hydrogen) atoms. The van der Waals surface area contributed by atoms with E-state index in [-0.39, 0.29) is 48.5 Å². The number of rotatable bonds is 6. The average Bonchev–Trinajstić information content (AvgIpc) is 2.48. The summed E-state index contributed by atoms with van der Waals surface area (Å²) in [5.74, 6) is 0.326. The summed E-state index contributed by atoms with van der Waals surface area (Å²) in [4.78, 5) is 16.1. The van der Waals surface area contributed by atoms with Crippen LogP contribution in [0.1, 0.15) is 39.4 Å². The monoisotopic (exact) mass is 482 g/mol. The highest BCUT2D eigenvalue weighted by molar-refractivity contribution is 14.0. The number of nitrogens with zero attached hydrogens (tertiary/aromatic N) is 1. The fourth-order valence-corrected chi connectivity index (χ4v) is 2.07. The average molecular weight is 483 g/mol. The van der Waals surface area contributed by atoms with Crippen molar-refractivity contribution < 1.29 is 9.90 Å². The molecule has 8 heteroatoms. The number of guanidine groups is 1.